The van der Waals surface area contributed by atoms with Gasteiger partial charge in [0.15, 0.2) is 24.5 Å². The maximum absolute atomic E-state index is 11.9. The van der Waals surface area contributed by atoms with Gasteiger partial charge in [-0.15, -0.1) is 0 Å². The number of hydrogen-bond acceptors (Lipinski definition) is 14. The Bertz CT molecular complexity index is 630. The van der Waals surface area contributed by atoms with Gasteiger partial charge < -0.3 is 67.4 Å². The van der Waals surface area contributed by atoms with Crippen LogP contribution < -0.4 is 22.9 Å². The van der Waals surface area contributed by atoms with Gasteiger partial charge >= 0.3 is 0 Å². The van der Waals surface area contributed by atoms with Gasteiger partial charge in [0.1, 0.15) is 36.6 Å². The molecule has 0 radical (unpaired) electrons. The highest BCUT2D eigenvalue weighted by atomic mass is 16.7. The van der Waals surface area contributed by atoms with E-state index in [1.54, 1.807) is 0 Å². The summed E-state index contributed by atoms with van der Waals surface area (Å²) in [5.74, 6) is -0.774. The Morgan fingerprint density at radius 1 is 0.903 bits per heavy atom. The van der Waals surface area contributed by atoms with Gasteiger partial charge in [-0.2, -0.15) is 0 Å². The van der Waals surface area contributed by atoms with E-state index in [1.165, 1.54) is 0 Å². The van der Waals surface area contributed by atoms with Crippen molar-refractivity contribution in [3.8, 4) is 0 Å². The summed E-state index contributed by atoms with van der Waals surface area (Å²) < 4.78 is 22.3. The van der Waals surface area contributed by atoms with Crippen molar-refractivity contribution < 1.29 is 49.3 Å². The van der Waals surface area contributed by atoms with Crippen LogP contribution in [0.4, 0.5) is 0 Å². The van der Waals surface area contributed by atoms with E-state index in [0.717, 1.165) is 0 Å². The van der Waals surface area contributed by atoms with Gasteiger partial charge in [-0.3, -0.25) is 4.79 Å². The van der Waals surface area contributed by atoms with Gasteiger partial charge in [0.2, 0.25) is 0 Å². The number of ketones is 1. The van der Waals surface area contributed by atoms with Crippen molar-refractivity contribution in [3.63, 3.8) is 0 Å². The number of aliphatic hydroxyl groups is 5. The van der Waals surface area contributed by atoms with Crippen LogP contribution in [-0.4, -0.2) is 124 Å². The molecule has 0 spiro atoms. The van der Waals surface area contributed by atoms with E-state index in [-0.39, 0.29) is 13.0 Å². The van der Waals surface area contributed by atoms with Crippen LogP contribution in [0.3, 0.4) is 0 Å². The standard InChI is InChI=1S/C17H32N4O10/c18-2-6-10(24)12(26)8(21)16(28-6)30-14-5(20)1-4(19)9(23)15(14)31-17-13(27)11(25)7(3-22)29-17/h4-10,12-17,22-24,26-27H,1-3,18-21H2/t4-,5+,6-,7-,8-,9+,10-,12-,13-,14-,15-,16-,17+/m1/s1. The molecule has 3 aliphatic rings. The number of ether oxygens (including phenoxy) is 4. The van der Waals surface area contributed by atoms with Gasteiger partial charge in [-0.05, 0) is 6.42 Å². The molecular weight excluding hydrogens is 420 g/mol. The van der Waals surface area contributed by atoms with Crippen LogP contribution >= 0.6 is 0 Å². The molecule has 2 saturated heterocycles. The van der Waals surface area contributed by atoms with Crippen molar-refractivity contribution in [2.75, 3.05) is 13.2 Å². The third-order valence-corrected chi connectivity index (χ3v) is 5.96. The number of Topliss-reactive ketones (excluding diaryl/α,β-unsaturated/α-hetero) is 1. The van der Waals surface area contributed by atoms with Crippen LogP contribution in [0.2, 0.25) is 0 Å². The molecule has 14 nitrogen and oxygen atoms in total. The summed E-state index contributed by atoms with van der Waals surface area (Å²) in [5, 5.41) is 50.1. The van der Waals surface area contributed by atoms with Crippen molar-refractivity contribution in [1.29, 1.82) is 0 Å². The lowest BCUT2D eigenvalue weighted by molar-refractivity contribution is -0.306. The highest BCUT2D eigenvalue weighted by Gasteiger charge is 2.52. The molecule has 13 atom stereocenters. The summed E-state index contributed by atoms with van der Waals surface area (Å²) in [4.78, 5) is 11.9. The Balaban J connectivity index is 1.78. The number of carbonyl (C=O) groups is 1. The summed E-state index contributed by atoms with van der Waals surface area (Å²) in [6, 6.07) is -2.78. The van der Waals surface area contributed by atoms with E-state index < -0.39 is 91.9 Å². The second-order valence-electron chi connectivity index (χ2n) is 8.12. The third-order valence-electron chi connectivity index (χ3n) is 5.96. The lowest BCUT2D eigenvalue weighted by Gasteiger charge is -2.47. The number of aliphatic hydroxyl groups excluding tert-OH is 5. The van der Waals surface area contributed by atoms with Crippen molar-refractivity contribution in [1.82, 2.24) is 0 Å². The van der Waals surface area contributed by atoms with Crippen LogP contribution in [0.5, 0.6) is 0 Å². The lowest BCUT2D eigenvalue weighted by atomic mass is 9.84. The average molecular weight is 452 g/mol. The molecule has 0 bridgehead atoms. The van der Waals surface area contributed by atoms with Gasteiger partial charge in [-0.25, -0.2) is 0 Å². The summed E-state index contributed by atoms with van der Waals surface area (Å²) in [6.45, 7) is -0.783. The first kappa shape index (κ1) is 24.8. The fourth-order valence-electron chi connectivity index (χ4n) is 4.05. The zero-order valence-electron chi connectivity index (χ0n) is 16.7. The van der Waals surface area contributed by atoms with Crippen molar-refractivity contribution in [2.45, 2.75) is 86.0 Å². The van der Waals surface area contributed by atoms with E-state index in [2.05, 4.69) is 0 Å². The predicted octanol–water partition coefficient (Wildman–Crippen LogP) is -6.44. The second kappa shape index (κ2) is 9.96. The van der Waals surface area contributed by atoms with Crippen LogP contribution in [0.1, 0.15) is 6.42 Å². The van der Waals surface area contributed by atoms with Gasteiger partial charge in [0.25, 0.3) is 0 Å². The molecule has 13 N–H and O–H groups in total. The zero-order valence-corrected chi connectivity index (χ0v) is 16.7. The molecule has 0 aromatic carbocycles. The molecule has 31 heavy (non-hydrogen) atoms. The Labute approximate surface area is 178 Å². The van der Waals surface area contributed by atoms with E-state index in [0.29, 0.717) is 0 Å². The predicted molar refractivity (Wildman–Crippen MR) is 101 cm³/mol. The number of hydrogen-bond donors (Lipinski definition) is 9. The quantitative estimate of drug-likeness (QED) is 0.181. The smallest absolute Gasteiger partial charge is 0.197 e. The van der Waals surface area contributed by atoms with E-state index in [1.807, 2.05) is 0 Å². The Hall–Kier alpha value is -0.850. The largest absolute Gasteiger partial charge is 0.393 e. The molecule has 3 fully saturated rings. The highest BCUT2D eigenvalue weighted by Crippen LogP contribution is 2.31. The van der Waals surface area contributed by atoms with E-state index >= 15 is 0 Å². The summed E-state index contributed by atoms with van der Waals surface area (Å²) in [5.41, 5.74) is 23.6. The minimum absolute atomic E-state index is 0.123. The van der Waals surface area contributed by atoms with Crippen molar-refractivity contribution in [3.05, 3.63) is 0 Å². The SMILES string of the molecule is NC[C@H]1O[C@H](O[C@H]2[C@H](O[C@@H]3O[C@H](CO)C(=O)[C@H]3O)[C@@H](O)[C@H](N)C[C@@H]2N)[C@H](N)[C@@H](O)[C@@H]1O. The average Bonchev–Trinajstić information content (AvgIpc) is 3.02. The third kappa shape index (κ3) is 4.77. The molecular formula is C17H32N4O10. The molecule has 14 heteroatoms. The van der Waals surface area contributed by atoms with Crippen molar-refractivity contribution in [2.24, 2.45) is 22.9 Å². The first-order chi connectivity index (χ1) is 14.6. The molecule has 0 unspecified atom stereocenters. The van der Waals surface area contributed by atoms with Crippen LogP contribution in [0, 0.1) is 0 Å². The normalized spacial score (nSPS) is 51.3. The minimum atomic E-state index is -1.70. The maximum atomic E-state index is 11.9. The van der Waals surface area contributed by atoms with Crippen LogP contribution in [0.15, 0.2) is 0 Å². The molecule has 2 aliphatic heterocycles. The monoisotopic (exact) mass is 452 g/mol. The zero-order chi connectivity index (χ0) is 23.0. The molecule has 2 heterocycles. The van der Waals surface area contributed by atoms with Gasteiger partial charge in [0.05, 0.1) is 18.8 Å². The van der Waals surface area contributed by atoms with Gasteiger partial charge in [-0.1, -0.05) is 0 Å². The van der Waals surface area contributed by atoms with Crippen molar-refractivity contribution >= 4 is 5.78 Å². The Kier molecular flexibility index (Phi) is 7.97. The fraction of sp³-hybridized carbons (Fsp3) is 0.941. The summed E-state index contributed by atoms with van der Waals surface area (Å²) >= 11 is 0. The molecule has 0 aromatic rings. The lowest BCUT2D eigenvalue weighted by Crippen LogP contribution is -2.68. The first-order valence-corrected chi connectivity index (χ1v) is 10.1. The first-order valence-electron chi connectivity index (χ1n) is 10.1. The van der Waals surface area contributed by atoms with E-state index in [9.17, 15) is 30.3 Å². The topological polar surface area (TPSA) is 259 Å². The second-order valence-corrected chi connectivity index (χ2v) is 8.12. The molecule has 1 aliphatic carbocycles. The highest BCUT2D eigenvalue weighted by molar-refractivity contribution is 5.89. The van der Waals surface area contributed by atoms with Crippen LogP contribution in [0.25, 0.3) is 0 Å². The van der Waals surface area contributed by atoms with Gasteiger partial charge in [0, 0.05) is 18.6 Å². The molecule has 1 saturated carbocycles. The number of rotatable bonds is 6. The number of carbonyl (C=O) groups excluding carboxylic acids is 1. The molecule has 0 amide bonds. The van der Waals surface area contributed by atoms with E-state index in [4.69, 9.17) is 41.9 Å². The molecule has 180 valence electrons. The Morgan fingerprint density at radius 3 is 2.13 bits per heavy atom. The summed E-state index contributed by atoms with van der Waals surface area (Å²) in [7, 11) is 0. The van der Waals surface area contributed by atoms with Crippen LogP contribution in [-0.2, 0) is 23.7 Å². The summed E-state index contributed by atoms with van der Waals surface area (Å²) in [6.07, 6.45) is -13.0. The minimum Gasteiger partial charge on any atom is -0.393 e. The fourth-order valence-corrected chi connectivity index (χ4v) is 4.05. The number of nitrogens with two attached hydrogens (primary N) is 4. The molecule has 0 aromatic heterocycles. The molecule has 3 rings (SSSR count). The Morgan fingerprint density at radius 2 is 1.55 bits per heavy atom. The maximum Gasteiger partial charge on any atom is 0.197 e.